The Labute approximate surface area is 158 Å². The number of hydrogen-bond acceptors (Lipinski definition) is 6. The van der Waals surface area contributed by atoms with Crippen LogP contribution in [0.2, 0.25) is 0 Å². The van der Waals surface area contributed by atoms with Gasteiger partial charge in [-0.05, 0) is 6.92 Å². The number of thiazole rings is 2. The van der Waals surface area contributed by atoms with Crippen molar-refractivity contribution in [2.24, 2.45) is 4.99 Å². The van der Waals surface area contributed by atoms with Crippen molar-refractivity contribution in [3.8, 4) is 0 Å². The highest BCUT2D eigenvalue weighted by Gasteiger charge is 2.33. The van der Waals surface area contributed by atoms with Gasteiger partial charge >= 0.3 is 6.18 Å². The summed E-state index contributed by atoms with van der Waals surface area (Å²) < 4.78 is 37.7. The van der Waals surface area contributed by atoms with Crippen LogP contribution in [0.1, 0.15) is 23.3 Å². The summed E-state index contributed by atoms with van der Waals surface area (Å²) in [6.07, 6.45) is -4.00. The van der Waals surface area contributed by atoms with E-state index in [2.05, 4.69) is 25.6 Å². The van der Waals surface area contributed by atoms with E-state index in [0.29, 0.717) is 37.0 Å². The molecule has 2 aromatic rings. The second kappa shape index (κ2) is 9.17. The van der Waals surface area contributed by atoms with Gasteiger partial charge in [-0.1, -0.05) is 0 Å². The Morgan fingerprint density at radius 3 is 2.54 bits per heavy atom. The van der Waals surface area contributed by atoms with Crippen molar-refractivity contribution in [3.05, 3.63) is 27.2 Å². The summed E-state index contributed by atoms with van der Waals surface area (Å²) in [4.78, 5) is 14.5. The molecule has 0 atom stereocenters. The van der Waals surface area contributed by atoms with E-state index < -0.39 is 11.9 Å². The van der Waals surface area contributed by atoms with Crippen LogP contribution in [0.5, 0.6) is 0 Å². The first kappa shape index (κ1) is 20.4. The van der Waals surface area contributed by atoms with Crippen LogP contribution in [0.4, 0.5) is 18.3 Å². The van der Waals surface area contributed by atoms with Crippen molar-refractivity contribution in [1.29, 1.82) is 0 Å². The molecular weight excluding hydrogens is 385 g/mol. The smallest absolute Gasteiger partial charge is 0.357 e. The Morgan fingerprint density at radius 2 is 1.96 bits per heavy atom. The summed E-state index contributed by atoms with van der Waals surface area (Å²) in [7, 11) is 3.86. The number of aromatic nitrogens is 2. The first-order valence-electron chi connectivity index (χ1n) is 7.95. The molecule has 0 saturated heterocycles. The number of halogens is 3. The monoisotopic (exact) mass is 406 g/mol. The molecule has 0 amide bonds. The third-order valence-corrected chi connectivity index (χ3v) is 5.10. The van der Waals surface area contributed by atoms with Gasteiger partial charge in [0.1, 0.15) is 0 Å². The second-order valence-corrected chi connectivity index (χ2v) is 7.29. The Hall–Kier alpha value is -1.88. The van der Waals surface area contributed by atoms with Crippen molar-refractivity contribution >= 4 is 33.8 Å². The molecule has 0 aliphatic heterocycles. The van der Waals surface area contributed by atoms with Crippen LogP contribution in [0.15, 0.2) is 15.8 Å². The van der Waals surface area contributed by atoms with Gasteiger partial charge in [0, 0.05) is 44.4 Å². The Balaban J connectivity index is 1.87. The van der Waals surface area contributed by atoms with Gasteiger partial charge < -0.3 is 15.5 Å². The first-order valence-corrected chi connectivity index (χ1v) is 9.71. The summed E-state index contributed by atoms with van der Waals surface area (Å²) in [6, 6.07) is 0. The number of hydrogen-bond donors (Lipinski definition) is 2. The lowest BCUT2D eigenvalue weighted by Gasteiger charge is -2.10. The number of rotatable bonds is 7. The van der Waals surface area contributed by atoms with Crippen molar-refractivity contribution < 1.29 is 13.2 Å². The summed E-state index contributed by atoms with van der Waals surface area (Å²) in [5, 5.41) is 10.6. The summed E-state index contributed by atoms with van der Waals surface area (Å²) in [5.74, 6) is 0.597. The Kier molecular flexibility index (Phi) is 7.21. The fourth-order valence-corrected chi connectivity index (χ4v) is 3.47. The van der Waals surface area contributed by atoms with Crippen molar-refractivity contribution in [2.45, 2.75) is 26.1 Å². The van der Waals surface area contributed by atoms with E-state index in [1.807, 2.05) is 31.3 Å². The van der Waals surface area contributed by atoms with Crippen LogP contribution >= 0.6 is 22.7 Å². The Bertz CT molecular complexity index is 723. The molecule has 2 aromatic heterocycles. The summed E-state index contributed by atoms with van der Waals surface area (Å²) in [5.41, 5.74) is 0.0314. The number of aliphatic imine (C=N–C) groups is 1. The molecule has 11 heteroatoms. The molecule has 6 nitrogen and oxygen atoms in total. The van der Waals surface area contributed by atoms with Crippen molar-refractivity contribution in [1.82, 2.24) is 20.6 Å². The zero-order valence-corrected chi connectivity index (χ0v) is 16.4. The molecule has 0 bridgehead atoms. The van der Waals surface area contributed by atoms with E-state index in [-0.39, 0.29) is 0 Å². The average molecular weight is 407 g/mol. The maximum atomic E-state index is 12.6. The minimum absolute atomic E-state index is 0.395. The quantitative estimate of drug-likeness (QED) is 0.547. The molecule has 0 spiro atoms. The van der Waals surface area contributed by atoms with Crippen LogP contribution in [0, 0.1) is 0 Å². The zero-order valence-electron chi connectivity index (χ0n) is 14.7. The molecule has 2 rings (SSSR count). The molecule has 0 aliphatic carbocycles. The molecule has 144 valence electrons. The number of nitrogens with one attached hydrogen (secondary N) is 2. The van der Waals surface area contributed by atoms with Gasteiger partial charge in [0.2, 0.25) is 0 Å². The van der Waals surface area contributed by atoms with Gasteiger partial charge in [0.25, 0.3) is 0 Å². The average Bonchev–Trinajstić information content (AvgIpc) is 3.21. The molecule has 0 fully saturated rings. The van der Waals surface area contributed by atoms with Crippen LogP contribution in [0.3, 0.4) is 0 Å². The van der Waals surface area contributed by atoms with Crippen molar-refractivity contribution in [3.63, 3.8) is 0 Å². The SMILES string of the molecule is CCNC(=NCc1csc(N(C)C)n1)NCCc1nc(C(F)(F)F)cs1. The van der Waals surface area contributed by atoms with Gasteiger partial charge in [-0.25, -0.2) is 15.0 Å². The van der Waals surface area contributed by atoms with Gasteiger partial charge in [-0.2, -0.15) is 13.2 Å². The molecule has 0 radical (unpaired) electrons. The minimum Gasteiger partial charge on any atom is -0.357 e. The third kappa shape index (κ3) is 6.13. The maximum Gasteiger partial charge on any atom is 0.434 e. The standard InChI is InChI=1S/C15H21F3N6S2/c1-4-19-13(21-7-10-8-26-14(22-10)24(2)3)20-6-5-12-23-11(9-25-12)15(16,17)18/h8-9H,4-7H2,1-3H3,(H2,19,20,21). The van der Waals surface area contributed by atoms with Gasteiger partial charge in [-0.15, -0.1) is 22.7 Å². The molecule has 0 unspecified atom stereocenters. The van der Waals surface area contributed by atoms with E-state index >= 15 is 0 Å². The van der Waals surface area contributed by atoms with Crippen LogP contribution in [0.25, 0.3) is 0 Å². The van der Waals surface area contributed by atoms with E-state index in [1.165, 1.54) is 0 Å². The third-order valence-electron chi connectivity index (χ3n) is 3.14. The van der Waals surface area contributed by atoms with Crippen LogP contribution in [-0.4, -0.2) is 43.1 Å². The number of guanidine groups is 1. The number of nitrogens with zero attached hydrogens (tertiary/aromatic N) is 4. The predicted molar refractivity (Wildman–Crippen MR) is 100 cm³/mol. The van der Waals surface area contributed by atoms with Crippen molar-refractivity contribution in [2.75, 3.05) is 32.1 Å². The second-order valence-electron chi connectivity index (χ2n) is 5.51. The van der Waals surface area contributed by atoms with E-state index in [4.69, 9.17) is 0 Å². The molecule has 2 N–H and O–H groups in total. The highest BCUT2D eigenvalue weighted by molar-refractivity contribution is 7.13. The first-order chi connectivity index (χ1) is 12.3. The van der Waals surface area contributed by atoms with E-state index in [0.717, 1.165) is 27.5 Å². The molecule has 0 saturated carbocycles. The highest BCUT2D eigenvalue weighted by Crippen LogP contribution is 2.30. The van der Waals surface area contributed by atoms with Gasteiger partial charge in [0.15, 0.2) is 16.8 Å². The summed E-state index contributed by atoms with van der Waals surface area (Å²) in [6.45, 7) is 3.49. The van der Waals surface area contributed by atoms with Crippen LogP contribution < -0.4 is 15.5 Å². The Morgan fingerprint density at radius 1 is 1.19 bits per heavy atom. The lowest BCUT2D eigenvalue weighted by Crippen LogP contribution is -2.38. The van der Waals surface area contributed by atoms with E-state index in [9.17, 15) is 13.2 Å². The number of alkyl halides is 3. The maximum absolute atomic E-state index is 12.6. The topological polar surface area (TPSA) is 65.4 Å². The highest BCUT2D eigenvalue weighted by atomic mass is 32.1. The molecule has 0 aliphatic rings. The molecular formula is C15H21F3N6S2. The number of anilines is 1. The molecule has 0 aromatic carbocycles. The lowest BCUT2D eigenvalue weighted by atomic mass is 10.4. The van der Waals surface area contributed by atoms with Crippen LogP contribution in [-0.2, 0) is 19.1 Å². The fourth-order valence-electron chi connectivity index (χ4n) is 1.92. The summed E-state index contributed by atoms with van der Waals surface area (Å²) >= 11 is 2.56. The normalized spacial score (nSPS) is 12.3. The van der Waals surface area contributed by atoms with E-state index in [1.54, 1.807) is 11.3 Å². The fraction of sp³-hybridized carbons (Fsp3) is 0.533. The molecule has 26 heavy (non-hydrogen) atoms. The van der Waals surface area contributed by atoms with Gasteiger partial charge in [-0.3, -0.25) is 0 Å². The largest absolute Gasteiger partial charge is 0.434 e. The lowest BCUT2D eigenvalue weighted by molar-refractivity contribution is -0.140. The predicted octanol–water partition coefficient (Wildman–Crippen LogP) is 2.98. The van der Waals surface area contributed by atoms with Gasteiger partial charge in [0.05, 0.1) is 17.2 Å². The molecule has 2 heterocycles. The minimum atomic E-state index is -4.39. The zero-order chi connectivity index (χ0) is 19.2.